The summed E-state index contributed by atoms with van der Waals surface area (Å²) in [5, 5.41) is 0. The Morgan fingerprint density at radius 2 is 1.39 bits per heavy atom. The van der Waals surface area contributed by atoms with Crippen molar-refractivity contribution in [3.05, 3.63) is 59.2 Å². The Balaban J connectivity index is 0.000000427. The van der Waals surface area contributed by atoms with E-state index in [1.807, 2.05) is 0 Å². The maximum atomic E-state index is 2.29. The van der Waals surface area contributed by atoms with Gasteiger partial charge in [0.05, 0.1) is 0 Å². The van der Waals surface area contributed by atoms with Crippen LogP contribution in [-0.2, 0) is 36.3 Å². The predicted octanol–water partition coefficient (Wildman–Crippen LogP) is 6.84. The van der Waals surface area contributed by atoms with E-state index >= 15 is 0 Å². The Morgan fingerprint density at radius 3 is 2.00 bits per heavy atom. The number of hydrogen-bond donors (Lipinski definition) is 0. The summed E-state index contributed by atoms with van der Waals surface area (Å²) in [6.45, 7) is 6.74. The van der Waals surface area contributed by atoms with Crippen LogP contribution in [0.25, 0.3) is 0 Å². The van der Waals surface area contributed by atoms with Crippen molar-refractivity contribution in [1.29, 1.82) is 0 Å². The fraction of sp³-hybridized carbons (Fsp3) is 0.545. The summed E-state index contributed by atoms with van der Waals surface area (Å²) in [5.74, 6) is 0. The van der Waals surface area contributed by atoms with Crippen LogP contribution in [0.4, 0.5) is 0 Å². The molecule has 0 saturated carbocycles. The van der Waals surface area contributed by atoms with Crippen molar-refractivity contribution in [1.82, 2.24) is 0 Å². The number of aryl methyl sites for hydroxylation is 3. The Kier molecular flexibility index (Phi) is 14.3. The molecule has 2 rings (SSSR count). The van der Waals surface area contributed by atoms with Gasteiger partial charge in [-0.1, -0.05) is 78.6 Å². The first-order valence-electron chi connectivity index (χ1n) is 9.25. The van der Waals surface area contributed by atoms with Crippen LogP contribution in [0.5, 0.6) is 0 Å². The topological polar surface area (TPSA) is 0 Å². The molecule has 0 fully saturated rings. The first kappa shape index (κ1) is 22.2. The third kappa shape index (κ3) is 9.84. The minimum Gasteiger partial charge on any atom is -0.213 e. The van der Waals surface area contributed by atoms with Crippen molar-refractivity contribution in [2.75, 3.05) is 0 Å². The molecule has 0 saturated heterocycles. The summed E-state index contributed by atoms with van der Waals surface area (Å²) in [6.07, 6.45) is 11.7. The standard InChI is InChI=1S/C13H21.C9H13.Fe/c1-3-5-8-12-10-7-11-13(12)9-6-4-2;1-2-3-6-9-7-4-5-8-9;/h7,10-11H,3-6,8-9H2,1-2H3;4-5,7-8H,2-3,6H2,1H3;/q2*-1;+2. The fourth-order valence-corrected chi connectivity index (χ4v) is 2.68. The van der Waals surface area contributed by atoms with E-state index in [-0.39, 0.29) is 17.1 Å². The summed E-state index contributed by atoms with van der Waals surface area (Å²) in [5.41, 5.74) is 4.67. The molecule has 0 spiro atoms. The van der Waals surface area contributed by atoms with Gasteiger partial charge in [0.2, 0.25) is 0 Å². The fourth-order valence-electron chi connectivity index (χ4n) is 2.68. The molecule has 1 heteroatoms. The Morgan fingerprint density at radius 1 is 0.739 bits per heavy atom. The summed E-state index contributed by atoms with van der Waals surface area (Å²) in [7, 11) is 0. The number of rotatable bonds is 9. The molecule has 0 N–H and O–H groups in total. The maximum Gasteiger partial charge on any atom is 2.00 e. The second-order valence-electron chi connectivity index (χ2n) is 6.18. The quantitative estimate of drug-likeness (QED) is 0.342. The second kappa shape index (κ2) is 14.8. The maximum absolute atomic E-state index is 2.29. The van der Waals surface area contributed by atoms with Gasteiger partial charge in [0.1, 0.15) is 0 Å². The molecule has 0 aliphatic carbocycles. The zero-order chi connectivity index (χ0) is 16.0. The van der Waals surface area contributed by atoms with Crippen LogP contribution in [0.2, 0.25) is 0 Å². The zero-order valence-corrected chi connectivity index (χ0v) is 16.4. The molecule has 2 aromatic carbocycles. The summed E-state index contributed by atoms with van der Waals surface area (Å²) in [4.78, 5) is 0. The van der Waals surface area contributed by atoms with E-state index in [1.54, 1.807) is 11.1 Å². The zero-order valence-electron chi connectivity index (χ0n) is 15.3. The largest absolute Gasteiger partial charge is 2.00 e. The van der Waals surface area contributed by atoms with Gasteiger partial charge in [0.25, 0.3) is 0 Å². The average Bonchev–Trinajstić information content (AvgIpc) is 3.21. The van der Waals surface area contributed by atoms with Crippen molar-refractivity contribution in [3.8, 4) is 0 Å². The van der Waals surface area contributed by atoms with Gasteiger partial charge >= 0.3 is 17.1 Å². The van der Waals surface area contributed by atoms with E-state index in [9.17, 15) is 0 Å². The van der Waals surface area contributed by atoms with Gasteiger partial charge in [0.15, 0.2) is 0 Å². The third-order valence-electron chi connectivity index (χ3n) is 4.16. The van der Waals surface area contributed by atoms with Crippen LogP contribution >= 0.6 is 0 Å². The molecule has 0 heterocycles. The molecule has 0 aromatic heterocycles. The summed E-state index contributed by atoms with van der Waals surface area (Å²) < 4.78 is 0. The minimum absolute atomic E-state index is 0. The third-order valence-corrected chi connectivity index (χ3v) is 4.16. The SMILES string of the molecule is CCCCc1cc[cH-]c1CCCC.CCCCc1ccc[cH-]1.[Fe+2]. The van der Waals surface area contributed by atoms with E-state index in [1.165, 1.54) is 63.4 Å². The minimum atomic E-state index is 0. The smallest absolute Gasteiger partial charge is 0.213 e. The molecule has 0 atom stereocenters. The molecule has 0 aliphatic rings. The van der Waals surface area contributed by atoms with E-state index in [0.29, 0.717) is 0 Å². The van der Waals surface area contributed by atoms with Crippen LogP contribution in [0.1, 0.15) is 76.0 Å². The van der Waals surface area contributed by atoms with Gasteiger partial charge in [-0.3, -0.25) is 0 Å². The van der Waals surface area contributed by atoms with Crippen LogP contribution in [0, 0.1) is 0 Å². The van der Waals surface area contributed by atoms with Crippen molar-refractivity contribution in [3.63, 3.8) is 0 Å². The molecular weight excluding hydrogens is 320 g/mol. The molecule has 2 aromatic rings. The van der Waals surface area contributed by atoms with E-state index in [0.717, 1.165) is 0 Å². The van der Waals surface area contributed by atoms with Crippen molar-refractivity contribution in [2.24, 2.45) is 0 Å². The monoisotopic (exact) mass is 354 g/mol. The molecule has 0 nitrogen and oxygen atoms in total. The van der Waals surface area contributed by atoms with Crippen LogP contribution < -0.4 is 0 Å². The summed E-state index contributed by atoms with van der Waals surface area (Å²) in [6, 6.07) is 15.4. The first-order valence-corrected chi connectivity index (χ1v) is 9.25. The molecule has 0 unspecified atom stereocenters. The van der Waals surface area contributed by atoms with Gasteiger partial charge in [0, 0.05) is 0 Å². The molecule has 0 bridgehead atoms. The average molecular weight is 354 g/mol. The van der Waals surface area contributed by atoms with Crippen molar-refractivity contribution >= 4 is 0 Å². The number of unbranched alkanes of at least 4 members (excludes halogenated alkanes) is 3. The van der Waals surface area contributed by atoms with Crippen molar-refractivity contribution < 1.29 is 17.1 Å². The first-order chi connectivity index (χ1) is 10.8. The summed E-state index contributed by atoms with van der Waals surface area (Å²) >= 11 is 0. The molecule has 0 amide bonds. The van der Waals surface area contributed by atoms with Crippen molar-refractivity contribution in [2.45, 2.75) is 78.6 Å². The van der Waals surface area contributed by atoms with Gasteiger partial charge in [-0.2, -0.15) is 41.0 Å². The van der Waals surface area contributed by atoms with E-state index < -0.39 is 0 Å². The van der Waals surface area contributed by atoms with E-state index in [4.69, 9.17) is 0 Å². The Bertz CT molecular complexity index is 428. The van der Waals surface area contributed by atoms with Gasteiger partial charge < -0.3 is 0 Å². The predicted molar refractivity (Wildman–Crippen MR) is 99.9 cm³/mol. The molecule has 0 aliphatic heterocycles. The van der Waals surface area contributed by atoms with Crippen LogP contribution in [0.3, 0.4) is 0 Å². The van der Waals surface area contributed by atoms with Gasteiger partial charge in [-0.05, 0) is 0 Å². The van der Waals surface area contributed by atoms with Crippen LogP contribution in [0.15, 0.2) is 42.5 Å². The Labute approximate surface area is 154 Å². The normalized spacial score (nSPS) is 9.87. The number of hydrogen-bond acceptors (Lipinski definition) is 0. The van der Waals surface area contributed by atoms with Crippen LogP contribution in [-0.4, -0.2) is 0 Å². The van der Waals surface area contributed by atoms with E-state index in [2.05, 4.69) is 63.2 Å². The molecule has 23 heavy (non-hydrogen) atoms. The molecule has 130 valence electrons. The van der Waals surface area contributed by atoms with Gasteiger partial charge in [-0.25, -0.2) is 18.2 Å². The van der Waals surface area contributed by atoms with Gasteiger partial charge in [-0.15, -0.1) is 0 Å². The Hall–Kier alpha value is -0.781. The second-order valence-corrected chi connectivity index (χ2v) is 6.18. The molecule has 0 radical (unpaired) electrons. The molecular formula is C22H34Fe.